The maximum Gasteiger partial charge on any atom is 0.210 e. The first-order chi connectivity index (χ1) is 11.3. The summed E-state index contributed by atoms with van der Waals surface area (Å²) in [6, 6.07) is 18.7. The summed E-state index contributed by atoms with van der Waals surface area (Å²) in [7, 11) is 0. The second kappa shape index (κ2) is 6.04. The van der Waals surface area contributed by atoms with Crippen LogP contribution in [-0.2, 0) is 0 Å². The van der Waals surface area contributed by atoms with E-state index in [9.17, 15) is 4.79 Å². The molecule has 0 aromatic heterocycles. The highest BCUT2D eigenvalue weighted by molar-refractivity contribution is 6.22. The summed E-state index contributed by atoms with van der Waals surface area (Å²) in [6.07, 6.45) is 6.15. The van der Waals surface area contributed by atoms with Crippen LogP contribution in [0.2, 0.25) is 0 Å². The zero-order valence-electron chi connectivity index (χ0n) is 13.2. The van der Waals surface area contributed by atoms with Gasteiger partial charge in [-0.1, -0.05) is 73.9 Å². The molecule has 0 heterocycles. The molecule has 0 saturated heterocycles. The third-order valence-electron chi connectivity index (χ3n) is 4.93. The van der Waals surface area contributed by atoms with Gasteiger partial charge in [-0.05, 0) is 24.0 Å². The van der Waals surface area contributed by atoms with Gasteiger partial charge in [-0.2, -0.15) is 0 Å². The molecule has 4 rings (SSSR count). The van der Waals surface area contributed by atoms with Crippen molar-refractivity contribution < 1.29 is 4.79 Å². The molecule has 2 aromatic rings. The summed E-state index contributed by atoms with van der Waals surface area (Å²) in [5.41, 5.74) is 4.86. The van der Waals surface area contributed by atoms with Crippen molar-refractivity contribution in [1.82, 2.24) is 5.32 Å². The third-order valence-corrected chi connectivity index (χ3v) is 4.93. The Kier molecular flexibility index (Phi) is 3.74. The van der Waals surface area contributed by atoms with Crippen LogP contribution in [0.15, 0.2) is 60.3 Å². The van der Waals surface area contributed by atoms with Crippen molar-refractivity contribution in [3.63, 3.8) is 0 Å². The highest BCUT2D eigenvalue weighted by atomic mass is 16.1. The van der Waals surface area contributed by atoms with E-state index in [1.165, 1.54) is 19.3 Å². The minimum atomic E-state index is 0.144. The van der Waals surface area contributed by atoms with Crippen LogP contribution in [0.1, 0.15) is 53.6 Å². The highest BCUT2D eigenvalue weighted by Gasteiger charge is 2.31. The quantitative estimate of drug-likeness (QED) is 0.900. The van der Waals surface area contributed by atoms with Gasteiger partial charge in [-0.25, -0.2) is 0 Å². The lowest BCUT2D eigenvalue weighted by molar-refractivity contribution is 0.102. The smallest absolute Gasteiger partial charge is 0.210 e. The van der Waals surface area contributed by atoms with Gasteiger partial charge in [-0.15, -0.1) is 0 Å². The lowest BCUT2D eigenvalue weighted by atomic mass is 9.94. The van der Waals surface area contributed by atoms with E-state index < -0.39 is 0 Å². The second-order valence-corrected chi connectivity index (χ2v) is 6.47. The van der Waals surface area contributed by atoms with E-state index in [1.54, 1.807) is 0 Å². The zero-order chi connectivity index (χ0) is 15.6. The molecule has 0 bridgehead atoms. The fourth-order valence-electron chi connectivity index (χ4n) is 3.78. The van der Waals surface area contributed by atoms with Crippen molar-refractivity contribution in [1.29, 1.82) is 0 Å². The Balaban J connectivity index is 1.79. The van der Waals surface area contributed by atoms with Crippen molar-refractivity contribution in [2.75, 3.05) is 0 Å². The number of hydrogen-bond acceptors (Lipinski definition) is 2. The number of rotatable bonds is 3. The van der Waals surface area contributed by atoms with E-state index in [2.05, 4.69) is 23.5 Å². The molecule has 2 heteroatoms. The number of carbonyl (C=O) groups is 1. The van der Waals surface area contributed by atoms with Gasteiger partial charge in [0.15, 0.2) is 0 Å². The lowest BCUT2D eigenvalue weighted by Gasteiger charge is -2.24. The summed E-state index contributed by atoms with van der Waals surface area (Å²) >= 11 is 0. The van der Waals surface area contributed by atoms with Gasteiger partial charge < -0.3 is 5.32 Å². The monoisotopic (exact) mass is 303 g/mol. The molecular formula is C21H21NO. The highest BCUT2D eigenvalue weighted by Crippen LogP contribution is 2.37. The SMILES string of the molecule is O=C1C(NC2CCCCC2)=C(c2ccccc2)c2ccccc21. The van der Waals surface area contributed by atoms with Crippen molar-refractivity contribution >= 4 is 11.4 Å². The molecule has 1 saturated carbocycles. The summed E-state index contributed by atoms with van der Waals surface area (Å²) in [5.74, 6) is 0.144. The molecule has 2 aliphatic rings. The maximum atomic E-state index is 12.9. The second-order valence-electron chi connectivity index (χ2n) is 6.47. The van der Waals surface area contributed by atoms with Gasteiger partial charge >= 0.3 is 0 Å². The van der Waals surface area contributed by atoms with Gasteiger partial charge in [0.1, 0.15) is 0 Å². The third kappa shape index (κ3) is 2.59. The average Bonchev–Trinajstić information content (AvgIpc) is 2.89. The lowest BCUT2D eigenvalue weighted by Crippen LogP contribution is -2.32. The fraction of sp³-hybridized carbons (Fsp3) is 0.286. The van der Waals surface area contributed by atoms with Crippen molar-refractivity contribution in [3.05, 3.63) is 77.0 Å². The first-order valence-electron chi connectivity index (χ1n) is 8.55. The molecule has 1 fully saturated rings. The Morgan fingerprint density at radius 1 is 0.783 bits per heavy atom. The number of benzene rings is 2. The minimum Gasteiger partial charge on any atom is -0.379 e. The largest absolute Gasteiger partial charge is 0.379 e. The number of ketones is 1. The molecule has 2 nitrogen and oxygen atoms in total. The van der Waals surface area contributed by atoms with Crippen molar-refractivity contribution in [3.8, 4) is 0 Å². The van der Waals surface area contributed by atoms with Crippen LogP contribution in [0.25, 0.3) is 5.57 Å². The predicted octanol–water partition coefficient (Wildman–Crippen LogP) is 4.56. The zero-order valence-corrected chi connectivity index (χ0v) is 13.2. The van der Waals surface area contributed by atoms with Crippen LogP contribution in [0.3, 0.4) is 0 Å². The summed E-state index contributed by atoms with van der Waals surface area (Å²) < 4.78 is 0. The number of Topliss-reactive ketones (excluding diaryl/α,β-unsaturated/α-hetero) is 1. The Hall–Kier alpha value is -2.35. The van der Waals surface area contributed by atoms with Crippen LogP contribution >= 0.6 is 0 Å². The van der Waals surface area contributed by atoms with Crippen LogP contribution in [0.5, 0.6) is 0 Å². The normalized spacial score (nSPS) is 18.2. The number of carbonyl (C=O) groups excluding carboxylic acids is 1. The molecule has 0 amide bonds. The molecule has 0 unspecified atom stereocenters. The number of nitrogens with one attached hydrogen (secondary N) is 1. The maximum absolute atomic E-state index is 12.9. The van der Waals surface area contributed by atoms with Crippen molar-refractivity contribution in [2.45, 2.75) is 38.1 Å². The van der Waals surface area contributed by atoms with Crippen LogP contribution in [0.4, 0.5) is 0 Å². The van der Waals surface area contributed by atoms with E-state index in [0.717, 1.165) is 40.8 Å². The Labute approximate surface area is 137 Å². The van der Waals surface area contributed by atoms with Crippen LogP contribution in [0, 0.1) is 0 Å². The summed E-state index contributed by atoms with van der Waals surface area (Å²) in [4.78, 5) is 12.9. The Bertz CT molecular complexity index is 754. The molecule has 2 aliphatic carbocycles. The number of allylic oxidation sites excluding steroid dienone is 1. The molecule has 0 aliphatic heterocycles. The van der Waals surface area contributed by atoms with E-state index >= 15 is 0 Å². The average molecular weight is 303 g/mol. The standard InChI is InChI=1S/C21H21NO/c23-21-18-14-8-7-13-17(18)19(15-9-3-1-4-10-15)20(21)22-16-11-5-2-6-12-16/h1,3-4,7-10,13-14,16H,2,5-6,11-12H2,(H,22,23). The fourth-order valence-corrected chi connectivity index (χ4v) is 3.78. The molecule has 0 atom stereocenters. The van der Waals surface area contributed by atoms with Gasteiger partial charge in [0.25, 0.3) is 0 Å². The molecule has 116 valence electrons. The summed E-state index contributed by atoms with van der Waals surface area (Å²) in [5, 5.41) is 3.59. The molecule has 0 spiro atoms. The Morgan fingerprint density at radius 3 is 2.17 bits per heavy atom. The van der Waals surface area contributed by atoms with E-state index in [1.807, 2.05) is 36.4 Å². The first kappa shape index (κ1) is 14.3. The molecule has 0 radical (unpaired) electrons. The van der Waals surface area contributed by atoms with Crippen LogP contribution < -0.4 is 5.32 Å². The van der Waals surface area contributed by atoms with Crippen molar-refractivity contribution in [2.24, 2.45) is 0 Å². The molecule has 1 N–H and O–H groups in total. The molecule has 23 heavy (non-hydrogen) atoms. The van der Waals surface area contributed by atoms with Crippen LogP contribution in [-0.4, -0.2) is 11.8 Å². The van der Waals surface area contributed by atoms with E-state index in [4.69, 9.17) is 0 Å². The molecular weight excluding hydrogens is 282 g/mol. The van der Waals surface area contributed by atoms with E-state index in [-0.39, 0.29) is 5.78 Å². The molecule has 2 aromatic carbocycles. The topological polar surface area (TPSA) is 29.1 Å². The van der Waals surface area contributed by atoms with Gasteiger partial charge in [-0.3, -0.25) is 4.79 Å². The van der Waals surface area contributed by atoms with E-state index in [0.29, 0.717) is 6.04 Å². The Morgan fingerprint density at radius 2 is 1.43 bits per heavy atom. The number of hydrogen-bond donors (Lipinski definition) is 1. The predicted molar refractivity (Wildman–Crippen MR) is 93.2 cm³/mol. The van der Waals surface area contributed by atoms with Gasteiger partial charge in [0, 0.05) is 17.2 Å². The number of fused-ring (bicyclic) bond motifs is 1. The van der Waals surface area contributed by atoms with Gasteiger partial charge in [0.05, 0.1) is 5.70 Å². The summed E-state index contributed by atoms with van der Waals surface area (Å²) in [6.45, 7) is 0. The van der Waals surface area contributed by atoms with Gasteiger partial charge in [0.2, 0.25) is 5.78 Å². The first-order valence-corrected chi connectivity index (χ1v) is 8.55. The minimum absolute atomic E-state index is 0.144.